The zero-order valence-electron chi connectivity index (χ0n) is 25.7. The van der Waals surface area contributed by atoms with Crippen LogP contribution in [0.25, 0.3) is 10.9 Å². The van der Waals surface area contributed by atoms with E-state index >= 15 is 4.79 Å². The number of thioether (sulfide) groups is 1. The second-order valence-corrected chi connectivity index (χ2v) is 13.9. The number of aromatic amines is 1. The van der Waals surface area contributed by atoms with E-state index in [2.05, 4.69) is 15.6 Å². The van der Waals surface area contributed by atoms with E-state index < -0.39 is 10.8 Å². The van der Waals surface area contributed by atoms with Gasteiger partial charge in [-0.25, -0.2) is 4.79 Å². The molecule has 10 heteroatoms. The fourth-order valence-electron chi connectivity index (χ4n) is 6.53. The van der Waals surface area contributed by atoms with Crippen molar-refractivity contribution in [3.05, 3.63) is 100 Å². The molecule has 0 radical (unpaired) electrons. The molecule has 2 saturated heterocycles. The summed E-state index contributed by atoms with van der Waals surface area (Å²) in [6, 6.07) is 21.0. The maximum Gasteiger partial charge on any atom is 0.315 e. The van der Waals surface area contributed by atoms with E-state index in [1.807, 2.05) is 103 Å². The molecule has 0 spiro atoms. The molecule has 0 aliphatic carbocycles. The quantitative estimate of drug-likeness (QED) is 0.208. The average Bonchev–Trinajstić information content (AvgIpc) is 3.71. The van der Waals surface area contributed by atoms with Gasteiger partial charge in [-0.1, -0.05) is 65.2 Å². The normalized spacial score (nSPS) is 21.5. The molecule has 234 valence electrons. The second kappa shape index (κ2) is 12.8. The monoisotopic (exact) mass is 643 g/mol. The van der Waals surface area contributed by atoms with Crippen LogP contribution in [0.1, 0.15) is 48.1 Å². The Kier molecular flexibility index (Phi) is 8.84. The number of fused-ring (bicyclic) bond motifs is 1. The Morgan fingerprint density at radius 3 is 2.47 bits per heavy atom. The highest BCUT2D eigenvalue weighted by Crippen LogP contribution is 2.55. The standard InChI is InChI=1S/C35H38ClN5O3S/c1-4-37-34(44)39-26-15-16-40(21-26)33(43)35(45-27-12-7-23(3)8-13-27)18-31(42)41(20-24-9-5-22(2)6-10-24)32(35)29-19-38-30-17-25(36)11-14-28(29)30/h5-14,17,19,26,32,38H,4,15-16,18,20-21H2,1-3H3,(H2,37,39,44). The Bertz CT molecular complexity index is 1720. The molecule has 45 heavy (non-hydrogen) atoms. The molecule has 3 unspecified atom stereocenters. The van der Waals surface area contributed by atoms with Crippen molar-refractivity contribution < 1.29 is 14.4 Å². The number of aryl methyl sites for hydroxylation is 2. The molecule has 4 amide bonds. The van der Waals surface area contributed by atoms with Gasteiger partial charge in [0.1, 0.15) is 4.75 Å². The van der Waals surface area contributed by atoms with Gasteiger partial charge in [0.15, 0.2) is 0 Å². The van der Waals surface area contributed by atoms with Gasteiger partial charge in [-0.15, -0.1) is 11.8 Å². The molecule has 0 bridgehead atoms. The van der Waals surface area contributed by atoms with E-state index in [1.54, 1.807) is 0 Å². The van der Waals surface area contributed by atoms with Crippen molar-refractivity contribution in [3.63, 3.8) is 0 Å². The largest absolute Gasteiger partial charge is 0.361 e. The van der Waals surface area contributed by atoms with Crippen LogP contribution in [0, 0.1) is 13.8 Å². The number of aromatic nitrogens is 1. The van der Waals surface area contributed by atoms with Crippen molar-refractivity contribution in [3.8, 4) is 0 Å². The molecule has 1 aromatic heterocycles. The number of hydrogen-bond acceptors (Lipinski definition) is 4. The van der Waals surface area contributed by atoms with Gasteiger partial charge < -0.3 is 25.4 Å². The lowest BCUT2D eigenvalue weighted by molar-refractivity contribution is -0.133. The van der Waals surface area contributed by atoms with Crippen molar-refractivity contribution in [2.45, 2.75) is 61.9 Å². The lowest BCUT2D eigenvalue weighted by atomic mass is 9.90. The highest BCUT2D eigenvalue weighted by atomic mass is 35.5. The van der Waals surface area contributed by atoms with Crippen LogP contribution in [0.2, 0.25) is 5.02 Å². The fraction of sp³-hybridized carbons (Fsp3) is 0.343. The SMILES string of the molecule is CCNC(=O)NC1CCN(C(=O)C2(Sc3ccc(C)cc3)CC(=O)N(Cc3ccc(C)cc3)C2c2c[nH]c3cc(Cl)ccc23)C1. The van der Waals surface area contributed by atoms with E-state index in [0.717, 1.165) is 38.1 Å². The first kappa shape index (κ1) is 31.0. The number of urea groups is 1. The summed E-state index contributed by atoms with van der Waals surface area (Å²) < 4.78 is -1.16. The molecule has 2 aliphatic heterocycles. The van der Waals surface area contributed by atoms with E-state index in [1.165, 1.54) is 11.8 Å². The van der Waals surface area contributed by atoms with Crippen LogP contribution in [0.15, 0.2) is 77.8 Å². The van der Waals surface area contributed by atoms with Crippen LogP contribution in [-0.2, 0) is 16.1 Å². The summed E-state index contributed by atoms with van der Waals surface area (Å²) in [6.45, 7) is 7.71. The molecule has 3 heterocycles. The summed E-state index contributed by atoms with van der Waals surface area (Å²) >= 11 is 7.83. The van der Waals surface area contributed by atoms with Crippen LogP contribution in [-0.4, -0.2) is 63.1 Å². The molecule has 3 aromatic carbocycles. The highest BCUT2D eigenvalue weighted by molar-refractivity contribution is 8.01. The minimum Gasteiger partial charge on any atom is -0.361 e. The molecule has 6 rings (SSSR count). The predicted molar refractivity (Wildman–Crippen MR) is 179 cm³/mol. The van der Waals surface area contributed by atoms with Gasteiger partial charge in [0.2, 0.25) is 11.8 Å². The topological polar surface area (TPSA) is 97.5 Å². The number of halogens is 1. The van der Waals surface area contributed by atoms with Crippen molar-refractivity contribution in [2.75, 3.05) is 19.6 Å². The third-order valence-corrected chi connectivity index (χ3v) is 10.4. The number of amides is 4. The molecular formula is C35H38ClN5O3S. The zero-order chi connectivity index (χ0) is 31.7. The Balaban J connectivity index is 1.46. The molecule has 4 aromatic rings. The molecular weight excluding hydrogens is 606 g/mol. The van der Waals surface area contributed by atoms with Gasteiger partial charge >= 0.3 is 6.03 Å². The molecule has 0 saturated carbocycles. The maximum absolute atomic E-state index is 15.0. The van der Waals surface area contributed by atoms with Crippen molar-refractivity contribution in [1.29, 1.82) is 0 Å². The number of likely N-dealkylation sites (tertiary alicyclic amines) is 2. The maximum atomic E-state index is 15.0. The Morgan fingerprint density at radius 2 is 1.76 bits per heavy atom. The van der Waals surface area contributed by atoms with Crippen molar-refractivity contribution in [1.82, 2.24) is 25.4 Å². The van der Waals surface area contributed by atoms with Crippen LogP contribution in [0.5, 0.6) is 0 Å². The predicted octanol–water partition coefficient (Wildman–Crippen LogP) is 6.36. The highest BCUT2D eigenvalue weighted by Gasteiger charge is 2.60. The van der Waals surface area contributed by atoms with Gasteiger partial charge in [0, 0.05) is 64.8 Å². The van der Waals surface area contributed by atoms with Gasteiger partial charge in [0.25, 0.3) is 0 Å². The van der Waals surface area contributed by atoms with E-state index in [0.29, 0.717) is 37.6 Å². The van der Waals surface area contributed by atoms with E-state index in [4.69, 9.17) is 11.6 Å². The lowest BCUT2D eigenvalue weighted by Gasteiger charge is -2.38. The van der Waals surface area contributed by atoms with Gasteiger partial charge in [-0.2, -0.15) is 0 Å². The van der Waals surface area contributed by atoms with Gasteiger partial charge in [0.05, 0.1) is 12.5 Å². The fourth-order valence-corrected chi connectivity index (χ4v) is 8.17. The second-order valence-electron chi connectivity index (χ2n) is 12.1. The Labute approximate surface area is 272 Å². The number of H-pyrrole nitrogens is 1. The minimum absolute atomic E-state index is 0.0477. The number of hydrogen-bond donors (Lipinski definition) is 3. The summed E-state index contributed by atoms with van der Waals surface area (Å²) in [5.41, 5.74) is 4.98. The minimum atomic E-state index is -1.16. The average molecular weight is 644 g/mol. The van der Waals surface area contributed by atoms with Gasteiger partial charge in [-0.3, -0.25) is 9.59 Å². The Morgan fingerprint density at radius 1 is 1.04 bits per heavy atom. The number of nitrogens with one attached hydrogen (secondary N) is 3. The lowest BCUT2D eigenvalue weighted by Crippen LogP contribution is -2.50. The molecule has 2 fully saturated rings. The summed E-state index contributed by atoms with van der Waals surface area (Å²) in [6.07, 6.45) is 2.62. The molecule has 8 nitrogen and oxygen atoms in total. The molecule has 3 atom stereocenters. The third-order valence-electron chi connectivity index (χ3n) is 8.76. The summed E-state index contributed by atoms with van der Waals surface area (Å²) in [5, 5.41) is 7.31. The first-order valence-corrected chi connectivity index (χ1v) is 16.6. The van der Waals surface area contributed by atoms with Crippen molar-refractivity contribution in [2.24, 2.45) is 0 Å². The number of rotatable bonds is 8. The Hall–Kier alpha value is -3.95. The van der Waals surface area contributed by atoms with Crippen LogP contribution in [0.3, 0.4) is 0 Å². The zero-order valence-corrected chi connectivity index (χ0v) is 27.3. The van der Waals surface area contributed by atoms with E-state index in [-0.39, 0.29) is 30.3 Å². The smallest absolute Gasteiger partial charge is 0.315 e. The first-order valence-electron chi connectivity index (χ1n) is 15.4. The summed E-state index contributed by atoms with van der Waals surface area (Å²) in [4.78, 5) is 49.6. The summed E-state index contributed by atoms with van der Waals surface area (Å²) in [5.74, 6) is -0.172. The number of nitrogens with zero attached hydrogens (tertiary/aromatic N) is 2. The van der Waals surface area contributed by atoms with Crippen LogP contribution in [0.4, 0.5) is 4.79 Å². The molecule has 3 N–H and O–H groups in total. The number of benzene rings is 3. The van der Waals surface area contributed by atoms with Gasteiger partial charge in [-0.05, 0) is 57.0 Å². The third kappa shape index (κ3) is 6.29. The number of carbonyl (C=O) groups excluding carboxylic acids is 3. The van der Waals surface area contributed by atoms with E-state index in [9.17, 15) is 9.59 Å². The summed E-state index contributed by atoms with van der Waals surface area (Å²) in [7, 11) is 0. The van der Waals surface area contributed by atoms with Crippen molar-refractivity contribution >= 4 is 52.1 Å². The van der Waals surface area contributed by atoms with Crippen LogP contribution >= 0.6 is 23.4 Å². The molecule has 2 aliphatic rings. The first-order chi connectivity index (χ1) is 21.7. The van der Waals surface area contributed by atoms with Crippen LogP contribution < -0.4 is 10.6 Å². The number of carbonyl (C=O) groups is 3.